The van der Waals surface area contributed by atoms with E-state index in [0.717, 1.165) is 16.5 Å². The second-order valence-corrected chi connectivity index (χ2v) is 8.70. The van der Waals surface area contributed by atoms with Crippen molar-refractivity contribution in [3.63, 3.8) is 0 Å². The SMILES string of the molecule is CC.CCc1c2c(nc3ccc(O)cc13)/C(=C/C1=C(C)COC(=O)C1OC(=O)CCCC(=O)O)N(C=O)C2. The standard InChI is InChI=1S/C26H26N2O8.C2H6/c1-3-16-18-9-15(30)7-8-20(18)27-24-19(16)11-28(13-29)21(24)10-17-14(2)12-35-26(34)25(17)36-23(33)6-4-5-22(31)32;1-2/h7-10,13,25,30H,3-6,11-12H2,1-2H3,(H,31,32);1-2H3/b21-10-;. The predicted octanol–water partition coefficient (Wildman–Crippen LogP) is 3.88. The summed E-state index contributed by atoms with van der Waals surface area (Å²) in [4.78, 5) is 53.9. The third-order valence-corrected chi connectivity index (χ3v) is 6.28. The van der Waals surface area contributed by atoms with Gasteiger partial charge in [0.25, 0.3) is 0 Å². The van der Waals surface area contributed by atoms with Gasteiger partial charge in [0.1, 0.15) is 12.4 Å². The molecule has 0 spiro atoms. The Balaban J connectivity index is 0.00000195. The summed E-state index contributed by atoms with van der Waals surface area (Å²) in [5.41, 5.74) is 4.51. The molecule has 38 heavy (non-hydrogen) atoms. The second-order valence-electron chi connectivity index (χ2n) is 8.70. The lowest BCUT2D eigenvalue weighted by molar-refractivity contribution is -0.166. The Bertz CT molecular complexity index is 1330. The number of aromatic nitrogens is 1. The number of aryl methyl sites for hydroxylation is 1. The molecule has 0 aliphatic carbocycles. The van der Waals surface area contributed by atoms with Crippen LogP contribution in [-0.2, 0) is 41.6 Å². The molecule has 2 N–H and O–H groups in total. The minimum atomic E-state index is -1.34. The Morgan fingerprint density at radius 3 is 2.66 bits per heavy atom. The summed E-state index contributed by atoms with van der Waals surface area (Å²) in [5, 5.41) is 19.6. The molecular weight excluding hydrogens is 492 g/mol. The van der Waals surface area contributed by atoms with Gasteiger partial charge in [-0.25, -0.2) is 9.78 Å². The summed E-state index contributed by atoms with van der Waals surface area (Å²) in [5.74, 6) is -2.38. The number of cyclic esters (lactones) is 1. The number of phenols is 1. The molecule has 10 heteroatoms. The number of aliphatic carboxylic acids is 1. The highest BCUT2D eigenvalue weighted by Crippen LogP contribution is 2.38. The normalized spacial score (nSPS) is 17.6. The number of carboxylic acids is 1. The van der Waals surface area contributed by atoms with Crippen molar-refractivity contribution < 1.29 is 38.9 Å². The van der Waals surface area contributed by atoms with Gasteiger partial charge >= 0.3 is 17.9 Å². The first-order chi connectivity index (χ1) is 18.2. The van der Waals surface area contributed by atoms with Gasteiger partial charge in [0.2, 0.25) is 12.5 Å². The molecule has 1 aromatic heterocycles. The molecule has 2 aromatic rings. The minimum absolute atomic E-state index is 0.00357. The summed E-state index contributed by atoms with van der Waals surface area (Å²) in [6.07, 6.45) is 1.33. The van der Waals surface area contributed by atoms with E-state index in [1.165, 1.54) is 4.90 Å². The largest absolute Gasteiger partial charge is 0.508 e. The molecule has 1 amide bonds. The highest BCUT2D eigenvalue weighted by molar-refractivity contribution is 5.92. The first-order valence-electron chi connectivity index (χ1n) is 12.6. The van der Waals surface area contributed by atoms with Gasteiger partial charge < -0.3 is 24.6 Å². The molecule has 0 radical (unpaired) electrons. The first-order valence-corrected chi connectivity index (χ1v) is 12.6. The number of phenolic OH excluding ortho intramolecular Hbond substituents is 1. The molecule has 0 saturated carbocycles. The van der Waals surface area contributed by atoms with E-state index >= 15 is 0 Å². The molecular formula is C28H32N2O8. The predicted molar refractivity (Wildman–Crippen MR) is 139 cm³/mol. The van der Waals surface area contributed by atoms with E-state index in [0.29, 0.717) is 40.9 Å². The Morgan fingerprint density at radius 2 is 2.00 bits per heavy atom. The van der Waals surface area contributed by atoms with Crippen LogP contribution in [0.3, 0.4) is 0 Å². The minimum Gasteiger partial charge on any atom is -0.508 e. The fourth-order valence-corrected chi connectivity index (χ4v) is 4.50. The summed E-state index contributed by atoms with van der Waals surface area (Å²) in [6.45, 7) is 7.99. The van der Waals surface area contributed by atoms with Gasteiger partial charge in [-0.15, -0.1) is 0 Å². The van der Waals surface area contributed by atoms with Gasteiger partial charge in [0, 0.05) is 29.4 Å². The molecule has 202 valence electrons. The molecule has 1 atom stereocenters. The highest BCUT2D eigenvalue weighted by Gasteiger charge is 2.36. The Kier molecular flexibility index (Phi) is 9.22. The van der Waals surface area contributed by atoms with Crippen molar-refractivity contribution >= 4 is 40.9 Å². The van der Waals surface area contributed by atoms with Crippen LogP contribution in [0, 0.1) is 0 Å². The van der Waals surface area contributed by atoms with Crippen LogP contribution in [0.1, 0.15) is 63.8 Å². The summed E-state index contributed by atoms with van der Waals surface area (Å²) < 4.78 is 10.5. The number of benzene rings is 1. The first kappa shape index (κ1) is 28.4. The van der Waals surface area contributed by atoms with Crippen LogP contribution in [-0.4, -0.2) is 57.1 Å². The van der Waals surface area contributed by atoms with E-state index in [9.17, 15) is 24.3 Å². The van der Waals surface area contributed by atoms with Crippen molar-refractivity contribution in [3.05, 3.63) is 52.2 Å². The molecule has 10 nitrogen and oxygen atoms in total. The van der Waals surface area contributed by atoms with Gasteiger partial charge in [0.05, 0.1) is 23.5 Å². The van der Waals surface area contributed by atoms with Crippen molar-refractivity contribution in [2.24, 2.45) is 0 Å². The zero-order chi connectivity index (χ0) is 28.0. The Morgan fingerprint density at radius 1 is 1.26 bits per heavy atom. The van der Waals surface area contributed by atoms with E-state index < -0.39 is 24.0 Å². The number of esters is 2. The number of ether oxygens (including phenoxy) is 2. The van der Waals surface area contributed by atoms with Crippen LogP contribution >= 0.6 is 0 Å². The summed E-state index contributed by atoms with van der Waals surface area (Å²) in [7, 11) is 0. The fourth-order valence-electron chi connectivity index (χ4n) is 4.50. The number of carbonyl (C=O) groups is 4. The number of aromatic hydroxyl groups is 1. The van der Waals surface area contributed by atoms with Crippen molar-refractivity contribution in [2.75, 3.05) is 6.61 Å². The average Bonchev–Trinajstić information content (AvgIpc) is 3.24. The summed E-state index contributed by atoms with van der Waals surface area (Å²) in [6, 6.07) is 4.90. The van der Waals surface area contributed by atoms with Crippen LogP contribution in [0.15, 0.2) is 35.4 Å². The maximum absolute atomic E-state index is 12.6. The van der Waals surface area contributed by atoms with E-state index in [2.05, 4.69) is 0 Å². The number of rotatable bonds is 8. The quantitative estimate of drug-likeness (QED) is 0.388. The number of hydrogen-bond acceptors (Lipinski definition) is 8. The number of nitrogens with zero attached hydrogens (tertiary/aromatic N) is 2. The smallest absolute Gasteiger partial charge is 0.352 e. The number of carboxylic acid groups (broad SMARTS) is 1. The molecule has 0 bridgehead atoms. The number of carbonyl (C=O) groups excluding carboxylic acids is 3. The van der Waals surface area contributed by atoms with Crippen LogP contribution in [0.4, 0.5) is 0 Å². The topological polar surface area (TPSA) is 143 Å². The molecule has 0 fully saturated rings. The lowest BCUT2D eigenvalue weighted by Gasteiger charge is -2.25. The van der Waals surface area contributed by atoms with Crippen LogP contribution in [0.2, 0.25) is 0 Å². The van der Waals surface area contributed by atoms with Crippen molar-refractivity contribution in [1.29, 1.82) is 0 Å². The number of amides is 1. The maximum Gasteiger partial charge on any atom is 0.352 e. The number of hydrogen-bond donors (Lipinski definition) is 2. The van der Waals surface area contributed by atoms with E-state index in [1.807, 2.05) is 20.8 Å². The zero-order valence-corrected chi connectivity index (χ0v) is 21.9. The maximum atomic E-state index is 12.6. The molecule has 4 rings (SSSR count). The van der Waals surface area contributed by atoms with E-state index in [1.54, 1.807) is 31.2 Å². The second kappa shape index (κ2) is 12.4. The van der Waals surface area contributed by atoms with Gasteiger partial charge in [-0.3, -0.25) is 14.4 Å². The molecule has 0 saturated heterocycles. The Hall–Kier alpha value is -4.21. The average molecular weight is 525 g/mol. The molecule has 1 aromatic carbocycles. The monoisotopic (exact) mass is 524 g/mol. The van der Waals surface area contributed by atoms with Crippen molar-refractivity contribution in [2.45, 2.75) is 66.0 Å². The fraction of sp³-hybridized carbons (Fsp3) is 0.393. The van der Waals surface area contributed by atoms with Crippen LogP contribution in [0.5, 0.6) is 5.75 Å². The molecule has 3 heterocycles. The molecule has 2 aliphatic rings. The third kappa shape index (κ3) is 5.85. The third-order valence-electron chi connectivity index (χ3n) is 6.28. The van der Waals surface area contributed by atoms with Crippen LogP contribution < -0.4 is 0 Å². The van der Waals surface area contributed by atoms with Crippen LogP contribution in [0.25, 0.3) is 16.6 Å². The number of pyridine rings is 1. The summed E-state index contributed by atoms with van der Waals surface area (Å²) >= 11 is 0. The van der Waals surface area contributed by atoms with Gasteiger partial charge in [-0.2, -0.15) is 0 Å². The lowest BCUT2D eigenvalue weighted by atomic mass is 9.97. The van der Waals surface area contributed by atoms with Gasteiger partial charge in [0.15, 0.2) is 0 Å². The zero-order valence-electron chi connectivity index (χ0n) is 21.9. The molecule has 2 aliphatic heterocycles. The van der Waals surface area contributed by atoms with E-state index in [-0.39, 0.29) is 38.2 Å². The molecule has 1 unspecified atom stereocenters. The van der Waals surface area contributed by atoms with Crippen molar-refractivity contribution in [1.82, 2.24) is 9.88 Å². The van der Waals surface area contributed by atoms with Gasteiger partial charge in [-0.05, 0) is 55.2 Å². The van der Waals surface area contributed by atoms with Crippen molar-refractivity contribution in [3.8, 4) is 5.75 Å². The van der Waals surface area contributed by atoms with Gasteiger partial charge in [-0.1, -0.05) is 20.8 Å². The highest BCUT2D eigenvalue weighted by atomic mass is 16.6. The lowest BCUT2D eigenvalue weighted by Crippen LogP contribution is -2.35. The Labute approximate surface area is 220 Å². The number of fused-ring (bicyclic) bond motifs is 2. The van der Waals surface area contributed by atoms with E-state index in [4.69, 9.17) is 19.6 Å².